The van der Waals surface area contributed by atoms with E-state index < -0.39 is 18.1 Å². The third kappa shape index (κ3) is 350. The molecule has 0 fully saturated rings. The van der Waals surface area contributed by atoms with E-state index in [1.807, 2.05) is 0 Å². The molecule has 12 heavy (non-hydrogen) atoms. The molecule has 12 heteroatoms. The van der Waals surface area contributed by atoms with Gasteiger partial charge in [-0.2, -0.15) is 0 Å². The molecule has 0 saturated carbocycles. The van der Waals surface area contributed by atoms with Gasteiger partial charge in [0, 0.05) is 0 Å². The van der Waals surface area contributed by atoms with Gasteiger partial charge in [0.25, 0.3) is 0 Å². The van der Waals surface area contributed by atoms with E-state index in [2.05, 4.69) is 0 Å². The molecule has 0 saturated heterocycles. The first-order valence-electron chi connectivity index (χ1n) is 1.63. The summed E-state index contributed by atoms with van der Waals surface area (Å²) < 4.78 is 0. The predicted octanol–water partition coefficient (Wildman–Crippen LogP) is -10.3. The standard InChI is InChI=1S/La.2O4Si.Ta/c;2*1-5(2,3)4;/q+3;2*-4;+5. The Balaban J connectivity index is -0.0000000457. The van der Waals surface area contributed by atoms with Gasteiger partial charge in [-0.1, -0.05) is 0 Å². The molecule has 0 atom stereocenters. The zero-order chi connectivity index (χ0) is 9.00. The predicted molar refractivity (Wildman–Crippen MR) is 11.5 cm³/mol. The third-order valence-electron chi connectivity index (χ3n) is 0. The average Bonchev–Trinajstić information content (AvgIpc) is 1.12. The van der Waals surface area contributed by atoms with Crippen molar-refractivity contribution in [1.82, 2.24) is 0 Å². The molecule has 0 N–H and O–H groups in total. The summed E-state index contributed by atoms with van der Waals surface area (Å²) in [6, 6.07) is 0. The fourth-order valence-electron chi connectivity index (χ4n) is 0. The Labute approximate surface area is 113 Å². The van der Waals surface area contributed by atoms with Crippen LogP contribution in [0.1, 0.15) is 0 Å². The molecule has 0 aliphatic carbocycles. The van der Waals surface area contributed by atoms with Crippen LogP contribution in [0.25, 0.3) is 0 Å². The van der Waals surface area contributed by atoms with Gasteiger partial charge in [0.1, 0.15) is 0 Å². The smallest absolute Gasteiger partial charge is 0.894 e. The van der Waals surface area contributed by atoms with Crippen LogP contribution in [0.5, 0.6) is 0 Å². The first-order chi connectivity index (χ1) is 4.00. The van der Waals surface area contributed by atoms with E-state index in [1.54, 1.807) is 0 Å². The monoisotopic (exact) mass is 504 g/mol. The van der Waals surface area contributed by atoms with Gasteiger partial charge in [-0.3, -0.25) is 0 Å². The van der Waals surface area contributed by atoms with Gasteiger partial charge in [0.2, 0.25) is 0 Å². The Morgan fingerprint density at radius 3 is 0.500 bits per heavy atom. The molecule has 0 bridgehead atoms. The molecule has 64 valence electrons. The normalized spacial score (nSPS) is 10.0. The molecule has 0 amide bonds. The molecule has 0 aliphatic heterocycles. The van der Waals surface area contributed by atoms with Crippen LogP contribution in [-0.2, 0) is 22.4 Å². The van der Waals surface area contributed by atoms with Crippen LogP contribution < -0.4 is 38.4 Å². The molecule has 0 rings (SSSR count). The maximum atomic E-state index is 8.58. The molecule has 0 unspecified atom stereocenters. The zero-order valence-corrected chi connectivity index (χ0v) is 14.1. The topological polar surface area (TPSA) is 184 Å². The van der Waals surface area contributed by atoms with E-state index in [4.69, 9.17) is 38.4 Å². The summed E-state index contributed by atoms with van der Waals surface area (Å²) in [7, 11) is -11.2. The second kappa shape index (κ2) is 9.60. The molecule has 0 aromatic rings. The van der Waals surface area contributed by atoms with Crippen LogP contribution >= 0.6 is 0 Å². The summed E-state index contributed by atoms with van der Waals surface area (Å²) >= 11 is 0. The van der Waals surface area contributed by atoms with Crippen LogP contribution in [0.15, 0.2) is 0 Å². The molecule has 0 radical (unpaired) electrons. The summed E-state index contributed by atoms with van der Waals surface area (Å²) in [5.74, 6) is 0. The Kier molecular flexibility index (Phi) is 18.9. The quantitative estimate of drug-likeness (QED) is 0.291. The van der Waals surface area contributed by atoms with Crippen molar-refractivity contribution in [1.29, 1.82) is 0 Å². The summed E-state index contributed by atoms with van der Waals surface area (Å²) in [5, 5.41) is 0. The van der Waals surface area contributed by atoms with Gasteiger partial charge in [-0.15, -0.1) is 0 Å². The number of hydrogen-bond acceptors (Lipinski definition) is 8. The third-order valence-corrected chi connectivity index (χ3v) is 0. The number of hydrogen-bond donors (Lipinski definition) is 0. The fourth-order valence-corrected chi connectivity index (χ4v) is 0. The molecule has 0 aromatic heterocycles. The zero-order valence-electron chi connectivity index (χ0n) is 5.29. The molecule has 0 heterocycles. The largest absolute Gasteiger partial charge is 5.00 e. The van der Waals surface area contributed by atoms with Gasteiger partial charge < -0.3 is 56.5 Å². The minimum Gasteiger partial charge on any atom is -0.894 e. The first kappa shape index (κ1) is 23.7. The molecular weight excluding hydrogens is 504 g/mol. The van der Waals surface area contributed by atoms with Gasteiger partial charge in [-0.05, 0) is 0 Å². The van der Waals surface area contributed by atoms with Gasteiger partial charge in [0.05, 0.1) is 0 Å². The van der Waals surface area contributed by atoms with Crippen LogP contribution in [0, 0.1) is 35.6 Å². The molecule has 8 nitrogen and oxygen atoms in total. The van der Waals surface area contributed by atoms with Crippen molar-refractivity contribution in [3.05, 3.63) is 0 Å². The van der Waals surface area contributed by atoms with Gasteiger partial charge >= 0.3 is 58.0 Å². The van der Waals surface area contributed by atoms with Crippen molar-refractivity contribution < 1.29 is 96.3 Å². The Bertz CT molecular complexity index is 60.0. The minimum atomic E-state index is -5.61. The summed E-state index contributed by atoms with van der Waals surface area (Å²) in [6.07, 6.45) is 0. The van der Waals surface area contributed by atoms with Gasteiger partial charge in [0.15, 0.2) is 0 Å². The maximum Gasteiger partial charge on any atom is 5.00 e. The van der Waals surface area contributed by atoms with E-state index in [-0.39, 0.29) is 58.0 Å². The summed E-state index contributed by atoms with van der Waals surface area (Å²) in [4.78, 5) is 68.6. The molecular formula is LaO8Si2Ta. The van der Waals surface area contributed by atoms with Crippen molar-refractivity contribution in [3.63, 3.8) is 0 Å². The van der Waals surface area contributed by atoms with Crippen molar-refractivity contribution in [2.24, 2.45) is 0 Å². The summed E-state index contributed by atoms with van der Waals surface area (Å²) in [5.41, 5.74) is 0. The first-order valence-corrected chi connectivity index (χ1v) is 4.90. The SMILES string of the molecule is [La+3].[O-][Si]([O-])([O-])[O-].[O-][Si]([O-])([O-])[O-].[Ta+5]. The average molecular weight is 504 g/mol. The Morgan fingerprint density at radius 2 is 0.500 bits per heavy atom. The Hall–Kier alpha value is 2.05. The van der Waals surface area contributed by atoms with Crippen molar-refractivity contribution in [2.75, 3.05) is 0 Å². The number of rotatable bonds is 0. The second-order valence-electron chi connectivity index (χ2n) is 1.00. The van der Waals surface area contributed by atoms with Gasteiger partial charge in [-0.25, -0.2) is 0 Å². The minimum absolute atomic E-state index is 0. The molecule has 0 aromatic carbocycles. The van der Waals surface area contributed by atoms with Crippen molar-refractivity contribution in [2.45, 2.75) is 0 Å². The van der Waals surface area contributed by atoms with E-state index >= 15 is 0 Å². The summed E-state index contributed by atoms with van der Waals surface area (Å²) in [6.45, 7) is 0. The molecule has 0 spiro atoms. The van der Waals surface area contributed by atoms with Crippen LogP contribution in [0.4, 0.5) is 0 Å². The van der Waals surface area contributed by atoms with Crippen molar-refractivity contribution in [3.8, 4) is 0 Å². The Morgan fingerprint density at radius 1 is 0.500 bits per heavy atom. The fraction of sp³-hybridized carbons (Fsp3) is 0. The second-order valence-corrected chi connectivity index (χ2v) is 3.00. The molecule has 0 aliphatic rings. The van der Waals surface area contributed by atoms with Crippen molar-refractivity contribution >= 4 is 18.1 Å². The maximum absolute atomic E-state index is 8.58. The van der Waals surface area contributed by atoms with E-state index in [0.29, 0.717) is 0 Å². The van der Waals surface area contributed by atoms with Crippen LogP contribution in [0.3, 0.4) is 0 Å². The van der Waals surface area contributed by atoms with E-state index in [9.17, 15) is 0 Å². The van der Waals surface area contributed by atoms with Crippen LogP contribution in [-0.4, -0.2) is 18.1 Å². The van der Waals surface area contributed by atoms with E-state index in [1.165, 1.54) is 0 Å². The van der Waals surface area contributed by atoms with E-state index in [0.717, 1.165) is 0 Å². The van der Waals surface area contributed by atoms with Crippen LogP contribution in [0.2, 0.25) is 0 Å².